The minimum atomic E-state index is 1.05. The molecule has 1 rings (SSSR count). The molecule has 12 heavy (non-hydrogen) atoms. The maximum absolute atomic E-state index is 3.33. The van der Waals surface area contributed by atoms with E-state index in [2.05, 4.69) is 26.0 Å². The summed E-state index contributed by atoms with van der Waals surface area (Å²) in [5.74, 6) is 0. The van der Waals surface area contributed by atoms with Crippen molar-refractivity contribution >= 4 is 0 Å². The van der Waals surface area contributed by atoms with Gasteiger partial charge in [0.15, 0.2) is 0 Å². The van der Waals surface area contributed by atoms with Crippen molar-refractivity contribution in [2.24, 2.45) is 0 Å². The molecule has 0 aliphatic heterocycles. The molecule has 0 amide bonds. The summed E-state index contributed by atoms with van der Waals surface area (Å²) in [6.45, 7) is 4.44. The maximum Gasteiger partial charge on any atom is -0.00858 e. The van der Waals surface area contributed by atoms with Crippen molar-refractivity contribution in [1.82, 2.24) is 0 Å². The van der Waals surface area contributed by atoms with Crippen LogP contribution in [0.4, 0.5) is 0 Å². The standard InChI is InChI=1S/C12H19/c1-3-4-5-6-9-12-10-7-8-11(12)2/h10H,3-7,9H2,1-2H3. The van der Waals surface area contributed by atoms with Crippen LogP contribution in [-0.4, -0.2) is 0 Å². The van der Waals surface area contributed by atoms with E-state index in [9.17, 15) is 0 Å². The summed E-state index contributed by atoms with van der Waals surface area (Å²) >= 11 is 0. The van der Waals surface area contributed by atoms with Crippen LogP contribution in [-0.2, 0) is 0 Å². The van der Waals surface area contributed by atoms with Gasteiger partial charge in [-0.05, 0) is 43.4 Å². The molecule has 0 N–H and O–H groups in total. The topological polar surface area (TPSA) is 0 Å². The second-order valence-electron chi connectivity index (χ2n) is 3.55. The molecular formula is C12H19. The number of unbranched alkanes of at least 4 members (excludes halogenated alkanes) is 3. The highest BCUT2D eigenvalue weighted by molar-refractivity contribution is 5.32. The van der Waals surface area contributed by atoms with Gasteiger partial charge in [-0.2, -0.15) is 0 Å². The zero-order valence-corrected chi connectivity index (χ0v) is 8.32. The summed E-state index contributed by atoms with van der Waals surface area (Å²) in [6.07, 6.45) is 13.5. The predicted octanol–water partition coefficient (Wildman–Crippen LogP) is 4.04. The van der Waals surface area contributed by atoms with Gasteiger partial charge in [0.1, 0.15) is 0 Å². The first-order chi connectivity index (χ1) is 5.84. The number of rotatable bonds is 5. The third-order valence-corrected chi connectivity index (χ3v) is 2.50. The molecule has 0 heterocycles. The van der Waals surface area contributed by atoms with E-state index in [0.717, 1.165) is 6.42 Å². The fourth-order valence-corrected chi connectivity index (χ4v) is 1.63. The summed E-state index contributed by atoms with van der Waals surface area (Å²) in [7, 11) is 0. The summed E-state index contributed by atoms with van der Waals surface area (Å²) in [5, 5.41) is 0. The molecule has 1 radical (unpaired) electrons. The van der Waals surface area contributed by atoms with E-state index in [-0.39, 0.29) is 0 Å². The van der Waals surface area contributed by atoms with Gasteiger partial charge in [0, 0.05) is 0 Å². The SMILES string of the molecule is CCCCCCC1=CC[C]=C1C. The van der Waals surface area contributed by atoms with E-state index in [1.807, 2.05) is 0 Å². The molecule has 0 fully saturated rings. The van der Waals surface area contributed by atoms with Crippen LogP contribution in [0.15, 0.2) is 17.2 Å². The van der Waals surface area contributed by atoms with Crippen LogP contribution in [0, 0.1) is 6.08 Å². The first-order valence-electron chi connectivity index (χ1n) is 5.11. The Morgan fingerprint density at radius 3 is 2.75 bits per heavy atom. The third kappa shape index (κ3) is 2.84. The summed E-state index contributed by atoms with van der Waals surface area (Å²) in [5.41, 5.74) is 2.94. The van der Waals surface area contributed by atoms with Crippen molar-refractivity contribution in [3.8, 4) is 0 Å². The van der Waals surface area contributed by atoms with Gasteiger partial charge in [-0.1, -0.05) is 32.3 Å². The van der Waals surface area contributed by atoms with Crippen molar-refractivity contribution in [2.45, 2.75) is 52.4 Å². The van der Waals surface area contributed by atoms with Gasteiger partial charge >= 0.3 is 0 Å². The molecule has 1 aliphatic carbocycles. The van der Waals surface area contributed by atoms with Gasteiger partial charge in [0.2, 0.25) is 0 Å². The summed E-state index contributed by atoms with van der Waals surface area (Å²) in [6, 6.07) is 0. The van der Waals surface area contributed by atoms with Crippen molar-refractivity contribution in [2.75, 3.05) is 0 Å². The Hall–Kier alpha value is -0.520. The zero-order chi connectivity index (χ0) is 8.81. The second kappa shape index (κ2) is 5.18. The fraction of sp³-hybridized carbons (Fsp3) is 0.667. The van der Waals surface area contributed by atoms with E-state index in [1.54, 1.807) is 5.57 Å². The Morgan fingerprint density at radius 1 is 1.33 bits per heavy atom. The zero-order valence-electron chi connectivity index (χ0n) is 8.32. The van der Waals surface area contributed by atoms with Crippen molar-refractivity contribution in [1.29, 1.82) is 0 Å². The van der Waals surface area contributed by atoms with Crippen molar-refractivity contribution in [3.63, 3.8) is 0 Å². The van der Waals surface area contributed by atoms with E-state index in [1.165, 1.54) is 37.7 Å². The van der Waals surface area contributed by atoms with Gasteiger partial charge < -0.3 is 0 Å². The molecule has 0 saturated carbocycles. The highest BCUT2D eigenvalue weighted by Crippen LogP contribution is 2.23. The van der Waals surface area contributed by atoms with Crippen LogP contribution in [0.3, 0.4) is 0 Å². The quantitative estimate of drug-likeness (QED) is 0.537. The van der Waals surface area contributed by atoms with Crippen LogP contribution in [0.1, 0.15) is 52.4 Å². The highest BCUT2D eigenvalue weighted by atomic mass is 14.1. The predicted molar refractivity (Wildman–Crippen MR) is 53.9 cm³/mol. The molecule has 0 aromatic rings. The van der Waals surface area contributed by atoms with Gasteiger partial charge in [-0.25, -0.2) is 0 Å². The van der Waals surface area contributed by atoms with Crippen LogP contribution in [0.25, 0.3) is 0 Å². The van der Waals surface area contributed by atoms with E-state index < -0.39 is 0 Å². The molecule has 0 aromatic carbocycles. The molecule has 0 heteroatoms. The molecule has 0 saturated heterocycles. The monoisotopic (exact) mass is 163 g/mol. The molecule has 0 atom stereocenters. The number of hydrogen-bond acceptors (Lipinski definition) is 0. The van der Waals surface area contributed by atoms with Gasteiger partial charge in [0.05, 0.1) is 0 Å². The maximum atomic E-state index is 3.33. The molecule has 0 spiro atoms. The molecule has 1 aliphatic rings. The largest absolute Gasteiger partial charge is 0.0766 e. The lowest BCUT2D eigenvalue weighted by Gasteiger charge is -2.02. The third-order valence-electron chi connectivity index (χ3n) is 2.50. The van der Waals surface area contributed by atoms with Crippen molar-refractivity contribution < 1.29 is 0 Å². The van der Waals surface area contributed by atoms with Crippen LogP contribution in [0.2, 0.25) is 0 Å². The van der Waals surface area contributed by atoms with Crippen molar-refractivity contribution in [3.05, 3.63) is 23.3 Å². The molecule has 0 aromatic heterocycles. The normalized spacial score (nSPS) is 16.2. The molecule has 67 valence electrons. The van der Waals surface area contributed by atoms with Gasteiger partial charge in [-0.3, -0.25) is 0 Å². The molecule has 0 unspecified atom stereocenters. The van der Waals surface area contributed by atoms with Gasteiger partial charge in [0.25, 0.3) is 0 Å². The van der Waals surface area contributed by atoms with Crippen LogP contribution < -0.4 is 0 Å². The minimum Gasteiger partial charge on any atom is -0.0766 e. The number of hydrogen-bond donors (Lipinski definition) is 0. The average molecular weight is 163 g/mol. The lowest BCUT2D eigenvalue weighted by atomic mass is 10.0. The molecule has 0 bridgehead atoms. The Bertz CT molecular complexity index is 184. The Morgan fingerprint density at radius 2 is 2.17 bits per heavy atom. The second-order valence-corrected chi connectivity index (χ2v) is 3.55. The molecular weight excluding hydrogens is 144 g/mol. The summed E-state index contributed by atoms with van der Waals surface area (Å²) < 4.78 is 0. The highest BCUT2D eigenvalue weighted by Gasteiger charge is 2.04. The van der Waals surface area contributed by atoms with E-state index in [4.69, 9.17) is 0 Å². The Labute approximate surface area is 76.4 Å². The van der Waals surface area contributed by atoms with Gasteiger partial charge in [-0.15, -0.1) is 0 Å². The Balaban J connectivity index is 2.11. The number of allylic oxidation sites excluding steroid dienone is 4. The first-order valence-corrected chi connectivity index (χ1v) is 5.11. The summed E-state index contributed by atoms with van der Waals surface area (Å²) in [4.78, 5) is 0. The van der Waals surface area contributed by atoms with Crippen LogP contribution >= 0.6 is 0 Å². The average Bonchev–Trinajstić information content (AvgIpc) is 2.46. The minimum absolute atomic E-state index is 1.05. The van der Waals surface area contributed by atoms with E-state index in [0.29, 0.717) is 0 Å². The Kier molecular flexibility index (Phi) is 4.13. The first kappa shape index (κ1) is 9.57. The lowest BCUT2D eigenvalue weighted by molar-refractivity contribution is 0.666. The van der Waals surface area contributed by atoms with Crippen LogP contribution in [0.5, 0.6) is 0 Å². The lowest BCUT2D eigenvalue weighted by Crippen LogP contribution is -1.83. The smallest absolute Gasteiger partial charge is 0.00858 e. The fourth-order valence-electron chi connectivity index (χ4n) is 1.63. The molecule has 0 nitrogen and oxygen atoms in total. The van der Waals surface area contributed by atoms with E-state index >= 15 is 0 Å².